The molecule has 0 radical (unpaired) electrons. The topological polar surface area (TPSA) is 76.3 Å². The number of hydrogen-bond acceptors (Lipinski definition) is 5. The Hall–Kier alpha value is -1.73. The SMILES string of the molecule is Cc1nc(-c2ccc(C)c(S(=O)(=O)N(C)C3CCCCC3)c2)no1. The summed E-state index contributed by atoms with van der Waals surface area (Å²) < 4.78 is 32.7. The van der Waals surface area contributed by atoms with Gasteiger partial charge in [0, 0.05) is 25.6 Å². The van der Waals surface area contributed by atoms with Gasteiger partial charge in [-0.1, -0.05) is 36.6 Å². The van der Waals surface area contributed by atoms with Crippen LogP contribution in [0.5, 0.6) is 0 Å². The van der Waals surface area contributed by atoms with Crippen LogP contribution >= 0.6 is 0 Å². The lowest BCUT2D eigenvalue weighted by atomic mass is 9.96. The van der Waals surface area contributed by atoms with Crippen molar-refractivity contribution < 1.29 is 12.9 Å². The molecular weight excluding hydrogens is 326 g/mol. The van der Waals surface area contributed by atoms with Crippen LogP contribution in [0.25, 0.3) is 11.4 Å². The van der Waals surface area contributed by atoms with Gasteiger partial charge >= 0.3 is 0 Å². The highest BCUT2D eigenvalue weighted by atomic mass is 32.2. The Morgan fingerprint density at radius 1 is 1.17 bits per heavy atom. The summed E-state index contributed by atoms with van der Waals surface area (Å²) in [4.78, 5) is 4.50. The average molecular weight is 349 g/mol. The first kappa shape index (κ1) is 17.1. The zero-order valence-electron chi connectivity index (χ0n) is 14.3. The molecule has 0 unspecified atom stereocenters. The highest BCUT2D eigenvalue weighted by Gasteiger charge is 2.30. The van der Waals surface area contributed by atoms with Gasteiger partial charge in [0.2, 0.25) is 21.7 Å². The number of hydrogen-bond donors (Lipinski definition) is 0. The summed E-state index contributed by atoms with van der Waals surface area (Å²) in [6.45, 7) is 3.52. The minimum Gasteiger partial charge on any atom is -0.339 e. The largest absolute Gasteiger partial charge is 0.339 e. The molecule has 0 bridgehead atoms. The van der Waals surface area contributed by atoms with Crippen LogP contribution in [0.4, 0.5) is 0 Å². The van der Waals surface area contributed by atoms with Crippen molar-refractivity contribution in [3.8, 4) is 11.4 Å². The molecule has 0 atom stereocenters. The lowest BCUT2D eigenvalue weighted by Gasteiger charge is -2.30. The molecule has 1 saturated carbocycles. The maximum absolute atomic E-state index is 13.1. The van der Waals surface area contributed by atoms with Crippen molar-refractivity contribution in [2.45, 2.75) is 56.9 Å². The van der Waals surface area contributed by atoms with Gasteiger partial charge in [-0.2, -0.15) is 9.29 Å². The van der Waals surface area contributed by atoms with Crippen LogP contribution in [0.2, 0.25) is 0 Å². The first-order valence-corrected chi connectivity index (χ1v) is 9.73. The van der Waals surface area contributed by atoms with Crippen molar-refractivity contribution in [2.75, 3.05) is 7.05 Å². The third kappa shape index (κ3) is 3.23. The van der Waals surface area contributed by atoms with Gasteiger partial charge in [0.25, 0.3) is 0 Å². The van der Waals surface area contributed by atoms with Crippen LogP contribution in [0.3, 0.4) is 0 Å². The van der Waals surface area contributed by atoms with Crippen LogP contribution in [-0.2, 0) is 10.0 Å². The summed E-state index contributed by atoms with van der Waals surface area (Å²) in [6.07, 6.45) is 5.23. The molecule has 6 nitrogen and oxygen atoms in total. The Bertz CT molecular complexity index is 823. The van der Waals surface area contributed by atoms with E-state index in [0.29, 0.717) is 22.2 Å². The standard InChI is InChI=1S/C17H23N3O3S/c1-12-9-10-14(17-18-13(2)23-19-17)11-16(12)24(21,22)20(3)15-7-5-4-6-8-15/h9-11,15H,4-8H2,1-3H3. The highest BCUT2D eigenvalue weighted by Crippen LogP contribution is 2.29. The second kappa shape index (κ2) is 6.64. The van der Waals surface area contributed by atoms with Crippen molar-refractivity contribution >= 4 is 10.0 Å². The molecule has 24 heavy (non-hydrogen) atoms. The Balaban J connectivity index is 1.97. The third-order valence-corrected chi connectivity index (χ3v) is 6.77. The van der Waals surface area contributed by atoms with E-state index in [1.165, 1.54) is 6.42 Å². The fourth-order valence-corrected chi connectivity index (χ4v) is 4.89. The monoisotopic (exact) mass is 349 g/mol. The molecule has 1 aromatic carbocycles. The molecule has 0 saturated heterocycles. The maximum atomic E-state index is 13.1. The molecule has 0 aliphatic heterocycles. The summed E-state index contributed by atoms with van der Waals surface area (Å²) in [7, 11) is -1.86. The molecule has 0 spiro atoms. The van der Waals surface area contributed by atoms with Crippen LogP contribution in [0, 0.1) is 13.8 Å². The van der Waals surface area contributed by atoms with Gasteiger partial charge in [-0.15, -0.1) is 0 Å². The number of benzene rings is 1. The van der Waals surface area contributed by atoms with Gasteiger partial charge < -0.3 is 4.52 Å². The van der Waals surface area contributed by atoms with E-state index >= 15 is 0 Å². The highest BCUT2D eigenvalue weighted by molar-refractivity contribution is 7.89. The molecule has 0 amide bonds. The van der Waals surface area contributed by atoms with Gasteiger partial charge in [0.15, 0.2) is 0 Å². The second-order valence-electron chi connectivity index (χ2n) is 6.43. The fourth-order valence-electron chi connectivity index (χ4n) is 3.23. The zero-order valence-corrected chi connectivity index (χ0v) is 15.1. The molecular formula is C17H23N3O3S. The van der Waals surface area contributed by atoms with Gasteiger partial charge in [0.05, 0.1) is 4.90 Å². The molecule has 2 aromatic rings. The molecule has 3 rings (SSSR count). The molecule has 7 heteroatoms. The van der Waals surface area contributed by atoms with E-state index in [2.05, 4.69) is 10.1 Å². The summed E-state index contributed by atoms with van der Waals surface area (Å²) in [5.74, 6) is 0.860. The molecule has 1 heterocycles. The molecule has 1 fully saturated rings. The molecule has 130 valence electrons. The zero-order chi connectivity index (χ0) is 17.3. The third-order valence-electron chi connectivity index (χ3n) is 4.72. The number of aryl methyl sites for hydroxylation is 2. The minimum absolute atomic E-state index is 0.0826. The summed E-state index contributed by atoms with van der Waals surface area (Å²) in [5, 5.41) is 3.88. The van der Waals surface area contributed by atoms with E-state index in [0.717, 1.165) is 31.2 Å². The molecule has 1 aromatic heterocycles. The Morgan fingerprint density at radius 3 is 2.50 bits per heavy atom. The maximum Gasteiger partial charge on any atom is 0.243 e. The predicted molar refractivity (Wildman–Crippen MR) is 91.0 cm³/mol. The second-order valence-corrected chi connectivity index (χ2v) is 8.40. The molecule has 0 N–H and O–H groups in total. The average Bonchev–Trinajstić information content (AvgIpc) is 3.01. The summed E-state index contributed by atoms with van der Waals surface area (Å²) >= 11 is 0. The van der Waals surface area contributed by atoms with Crippen molar-refractivity contribution in [1.29, 1.82) is 0 Å². The Labute approximate surface area is 142 Å². The Kier molecular flexibility index (Phi) is 4.73. The van der Waals surface area contributed by atoms with E-state index in [1.807, 2.05) is 13.0 Å². The lowest BCUT2D eigenvalue weighted by Crippen LogP contribution is -2.38. The van der Waals surface area contributed by atoms with Gasteiger partial charge in [-0.3, -0.25) is 0 Å². The lowest BCUT2D eigenvalue weighted by molar-refractivity contribution is 0.285. The first-order valence-electron chi connectivity index (χ1n) is 8.29. The van der Waals surface area contributed by atoms with Crippen molar-refractivity contribution in [3.05, 3.63) is 29.7 Å². The van der Waals surface area contributed by atoms with Crippen LogP contribution in [-0.4, -0.2) is 36.0 Å². The fraction of sp³-hybridized carbons (Fsp3) is 0.529. The van der Waals surface area contributed by atoms with Crippen molar-refractivity contribution in [3.63, 3.8) is 0 Å². The number of rotatable bonds is 4. The quantitative estimate of drug-likeness (QED) is 0.846. The van der Waals surface area contributed by atoms with E-state index in [-0.39, 0.29) is 6.04 Å². The van der Waals surface area contributed by atoms with E-state index in [4.69, 9.17) is 4.52 Å². The summed E-state index contributed by atoms with van der Waals surface area (Å²) in [6, 6.07) is 5.34. The summed E-state index contributed by atoms with van der Waals surface area (Å²) in [5.41, 5.74) is 1.37. The Morgan fingerprint density at radius 2 is 1.88 bits per heavy atom. The first-order chi connectivity index (χ1) is 11.4. The number of nitrogens with zero attached hydrogens (tertiary/aromatic N) is 3. The van der Waals surface area contributed by atoms with Crippen molar-refractivity contribution in [2.24, 2.45) is 0 Å². The van der Waals surface area contributed by atoms with Crippen LogP contribution in [0.15, 0.2) is 27.6 Å². The van der Waals surface area contributed by atoms with E-state index in [1.54, 1.807) is 30.4 Å². The van der Waals surface area contributed by atoms with Gasteiger partial charge in [-0.05, 0) is 31.4 Å². The molecule has 1 aliphatic carbocycles. The van der Waals surface area contributed by atoms with E-state index < -0.39 is 10.0 Å². The predicted octanol–water partition coefficient (Wildman–Crippen LogP) is 3.31. The normalized spacial score (nSPS) is 16.7. The van der Waals surface area contributed by atoms with E-state index in [9.17, 15) is 8.42 Å². The minimum atomic E-state index is -3.55. The molecule has 1 aliphatic rings. The van der Waals surface area contributed by atoms with Crippen molar-refractivity contribution in [1.82, 2.24) is 14.4 Å². The van der Waals surface area contributed by atoms with Crippen LogP contribution < -0.4 is 0 Å². The van der Waals surface area contributed by atoms with Crippen LogP contribution in [0.1, 0.15) is 43.6 Å². The number of aromatic nitrogens is 2. The smallest absolute Gasteiger partial charge is 0.243 e. The number of sulfonamides is 1. The van der Waals surface area contributed by atoms with Gasteiger partial charge in [-0.25, -0.2) is 8.42 Å². The van der Waals surface area contributed by atoms with Gasteiger partial charge in [0.1, 0.15) is 0 Å².